The van der Waals surface area contributed by atoms with Crippen LogP contribution in [0.25, 0.3) is 10.9 Å². The van der Waals surface area contributed by atoms with Gasteiger partial charge in [0.1, 0.15) is 0 Å². The average molecular weight is 284 g/mol. The molecule has 0 bridgehead atoms. The van der Waals surface area contributed by atoms with Crippen LogP contribution in [0.4, 0.5) is 11.4 Å². The number of likely N-dealkylation sites (tertiary alicyclic amines) is 1. The molecule has 2 heterocycles. The summed E-state index contributed by atoms with van der Waals surface area (Å²) in [4.78, 5) is 6.95. The van der Waals surface area contributed by atoms with Crippen molar-refractivity contribution in [2.75, 3.05) is 30.7 Å². The first-order chi connectivity index (χ1) is 10.3. The minimum absolute atomic E-state index is 0.546. The highest BCUT2D eigenvalue weighted by Crippen LogP contribution is 2.28. The molecule has 112 valence electrons. The van der Waals surface area contributed by atoms with Gasteiger partial charge in [-0.15, -0.1) is 0 Å². The molecule has 2 aromatic rings. The van der Waals surface area contributed by atoms with Crippen molar-refractivity contribution in [3.63, 3.8) is 0 Å². The molecule has 4 heteroatoms. The number of nitrogens with zero attached hydrogens (tertiary/aromatic N) is 2. The van der Waals surface area contributed by atoms with Gasteiger partial charge in [-0.3, -0.25) is 4.98 Å². The van der Waals surface area contributed by atoms with Gasteiger partial charge in [0.25, 0.3) is 0 Å². The zero-order valence-corrected chi connectivity index (χ0v) is 12.7. The van der Waals surface area contributed by atoms with E-state index in [-0.39, 0.29) is 0 Å². The molecule has 0 saturated carbocycles. The Balaban J connectivity index is 1.73. The van der Waals surface area contributed by atoms with Crippen molar-refractivity contribution in [1.82, 2.24) is 9.88 Å². The van der Waals surface area contributed by atoms with Crippen LogP contribution in [0.3, 0.4) is 0 Å². The summed E-state index contributed by atoms with van der Waals surface area (Å²) < 4.78 is 0. The number of pyridine rings is 1. The third-order valence-electron chi connectivity index (χ3n) is 4.29. The lowest BCUT2D eigenvalue weighted by atomic mass is 10.0. The Kier molecular flexibility index (Phi) is 4.25. The predicted molar refractivity (Wildman–Crippen MR) is 89.5 cm³/mol. The Morgan fingerprint density at radius 2 is 2.10 bits per heavy atom. The highest BCUT2D eigenvalue weighted by Gasteiger charge is 2.19. The molecule has 1 saturated heterocycles. The number of benzene rings is 1. The maximum absolute atomic E-state index is 6.01. The molecular formula is C17H24N4. The molecule has 4 nitrogen and oxygen atoms in total. The van der Waals surface area contributed by atoms with E-state index in [4.69, 9.17) is 5.73 Å². The lowest BCUT2D eigenvalue weighted by molar-refractivity contribution is 0.219. The number of anilines is 2. The van der Waals surface area contributed by atoms with Gasteiger partial charge in [0.05, 0.1) is 11.2 Å². The smallest absolute Gasteiger partial charge is 0.0951 e. The fourth-order valence-corrected chi connectivity index (χ4v) is 3.16. The summed E-state index contributed by atoms with van der Waals surface area (Å²) in [6.07, 6.45) is 5.44. The molecule has 3 N–H and O–H groups in total. The van der Waals surface area contributed by atoms with Crippen LogP contribution in [0.15, 0.2) is 30.5 Å². The van der Waals surface area contributed by atoms with Crippen LogP contribution in [0, 0.1) is 0 Å². The normalized spacial score (nSPS) is 17.2. The fraction of sp³-hybridized carbons (Fsp3) is 0.471. The van der Waals surface area contributed by atoms with E-state index in [1.54, 1.807) is 6.20 Å². The van der Waals surface area contributed by atoms with E-state index in [0.717, 1.165) is 22.3 Å². The number of hydrogen-bond acceptors (Lipinski definition) is 4. The monoisotopic (exact) mass is 284 g/mol. The molecule has 1 aliphatic rings. The van der Waals surface area contributed by atoms with Gasteiger partial charge in [0.15, 0.2) is 0 Å². The Morgan fingerprint density at radius 3 is 2.86 bits per heavy atom. The lowest BCUT2D eigenvalue weighted by Crippen LogP contribution is -2.39. The number of hydrogen-bond donors (Lipinski definition) is 2. The fourth-order valence-electron chi connectivity index (χ4n) is 3.16. The molecule has 0 spiro atoms. The third kappa shape index (κ3) is 3.10. The van der Waals surface area contributed by atoms with Crippen molar-refractivity contribution in [3.05, 3.63) is 30.5 Å². The van der Waals surface area contributed by atoms with Gasteiger partial charge in [0.2, 0.25) is 0 Å². The number of nitrogens with one attached hydrogen (secondary N) is 1. The number of rotatable bonds is 4. The molecule has 0 radical (unpaired) electrons. The molecular weight excluding hydrogens is 260 g/mol. The largest absolute Gasteiger partial charge is 0.397 e. The summed E-state index contributed by atoms with van der Waals surface area (Å²) >= 11 is 0. The Morgan fingerprint density at radius 1 is 1.29 bits per heavy atom. The summed E-state index contributed by atoms with van der Waals surface area (Å²) in [5, 5.41) is 4.81. The molecule has 1 aromatic heterocycles. The van der Waals surface area contributed by atoms with Crippen LogP contribution < -0.4 is 11.1 Å². The number of nitrogens with two attached hydrogens (primary N) is 1. The second-order valence-electron chi connectivity index (χ2n) is 5.86. The van der Waals surface area contributed by atoms with E-state index in [9.17, 15) is 0 Å². The molecule has 1 fully saturated rings. The molecule has 21 heavy (non-hydrogen) atoms. The summed E-state index contributed by atoms with van der Waals surface area (Å²) in [5.74, 6) is 0. The Bertz CT molecular complexity index is 603. The highest BCUT2D eigenvalue weighted by molar-refractivity contribution is 5.98. The van der Waals surface area contributed by atoms with Crippen molar-refractivity contribution < 1.29 is 0 Å². The van der Waals surface area contributed by atoms with Crippen molar-refractivity contribution in [2.24, 2.45) is 0 Å². The maximum Gasteiger partial charge on any atom is 0.0951 e. The van der Waals surface area contributed by atoms with E-state index in [0.29, 0.717) is 6.04 Å². The molecule has 0 amide bonds. The number of fused-ring (bicyclic) bond motifs is 1. The van der Waals surface area contributed by atoms with Crippen LogP contribution in [0.1, 0.15) is 26.2 Å². The summed E-state index contributed by atoms with van der Waals surface area (Å²) in [6.45, 7) is 5.85. The van der Waals surface area contributed by atoms with Crippen molar-refractivity contribution in [1.29, 1.82) is 0 Å². The number of nitrogen functional groups attached to an aromatic ring is 1. The van der Waals surface area contributed by atoms with Gasteiger partial charge in [-0.2, -0.15) is 0 Å². The maximum atomic E-state index is 6.01. The highest BCUT2D eigenvalue weighted by atomic mass is 15.1. The minimum atomic E-state index is 0.546. The van der Waals surface area contributed by atoms with E-state index in [2.05, 4.69) is 34.3 Å². The van der Waals surface area contributed by atoms with Gasteiger partial charge in [0, 0.05) is 36.4 Å². The van der Waals surface area contributed by atoms with E-state index in [1.807, 2.05) is 12.1 Å². The minimum Gasteiger partial charge on any atom is -0.397 e. The second kappa shape index (κ2) is 6.31. The Hall–Kier alpha value is -1.81. The second-order valence-corrected chi connectivity index (χ2v) is 5.86. The first kappa shape index (κ1) is 14.1. The van der Waals surface area contributed by atoms with Gasteiger partial charge in [-0.25, -0.2) is 0 Å². The van der Waals surface area contributed by atoms with E-state index < -0.39 is 0 Å². The third-order valence-corrected chi connectivity index (χ3v) is 4.29. The van der Waals surface area contributed by atoms with Crippen LogP contribution >= 0.6 is 0 Å². The van der Waals surface area contributed by atoms with Gasteiger partial charge in [-0.05, 0) is 50.1 Å². The molecule has 0 aliphatic carbocycles. The zero-order valence-electron chi connectivity index (χ0n) is 12.7. The summed E-state index contributed by atoms with van der Waals surface area (Å²) in [5.41, 5.74) is 8.81. The van der Waals surface area contributed by atoms with Crippen LogP contribution in [0.5, 0.6) is 0 Å². The lowest BCUT2D eigenvalue weighted by Gasteiger charge is -2.32. The summed E-state index contributed by atoms with van der Waals surface area (Å²) in [6, 6.07) is 8.64. The first-order valence-corrected chi connectivity index (χ1v) is 7.90. The van der Waals surface area contributed by atoms with Crippen molar-refractivity contribution >= 4 is 22.3 Å². The molecule has 1 aliphatic heterocycles. The van der Waals surface area contributed by atoms with Crippen molar-refractivity contribution in [2.45, 2.75) is 32.2 Å². The topological polar surface area (TPSA) is 54.2 Å². The van der Waals surface area contributed by atoms with E-state index >= 15 is 0 Å². The average Bonchev–Trinajstić information content (AvgIpc) is 2.52. The van der Waals surface area contributed by atoms with Gasteiger partial charge < -0.3 is 16.0 Å². The van der Waals surface area contributed by atoms with Crippen molar-refractivity contribution in [3.8, 4) is 0 Å². The predicted octanol–water partition coefficient (Wildman–Crippen LogP) is 3.10. The van der Waals surface area contributed by atoms with Crippen LogP contribution in [-0.2, 0) is 0 Å². The SMILES string of the molecule is CCCN1CCC(Nc2ccc(N)c3ncccc23)CC1. The standard InChI is InChI=1S/C17H24N4/c1-2-10-21-11-7-13(8-12-21)20-16-6-5-15(18)17-14(16)4-3-9-19-17/h3-6,9,13,20H,2,7-8,10-12,18H2,1H3. The first-order valence-electron chi connectivity index (χ1n) is 7.90. The Labute approximate surface area is 126 Å². The summed E-state index contributed by atoms with van der Waals surface area (Å²) in [7, 11) is 0. The van der Waals surface area contributed by atoms with Crippen LogP contribution in [0.2, 0.25) is 0 Å². The molecule has 0 atom stereocenters. The number of aromatic nitrogens is 1. The van der Waals surface area contributed by atoms with Gasteiger partial charge in [-0.1, -0.05) is 6.92 Å². The molecule has 1 aromatic carbocycles. The molecule has 3 rings (SSSR count). The van der Waals surface area contributed by atoms with E-state index in [1.165, 1.54) is 38.9 Å². The van der Waals surface area contributed by atoms with Crippen LogP contribution in [-0.4, -0.2) is 35.6 Å². The quantitative estimate of drug-likeness (QED) is 0.847. The zero-order chi connectivity index (χ0) is 14.7. The molecule has 0 unspecified atom stereocenters. The van der Waals surface area contributed by atoms with Gasteiger partial charge >= 0.3 is 0 Å². The number of piperidine rings is 1.